The van der Waals surface area contributed by atoms with E-state index in [1.807, 2.05) is 0 Å². The summed E-state index contributed by atoms with van der Waals surface area (Å²) in [6.07, 6.45) is -48.8. The average Bonchev–Trinajstić information content (AvgIpc) is 3.32. The van der Waals surface area contributed by atoms with E-state index in [0.717, 1.165) is 13.8 Å². The monoisotopic (exact) mass is 762 g/mol. The van der Waals surface area contributed by atoms with Gasteiger partial charge in [0.15, 0.2) is 0 Å². The molecule has 2 aliphatic carbocycles. The Morgan fingerprint density at radius 2 is 0.735 bits per heavy atom. The van der Waals surface area contributed by atoms with Gasteiger partial charge in [-0.3, -0.25) is 9.59 Å². The third kappa shape index (κ3) is 6.73. The first-order chi connectivity index (χ1) is 21.5. The molecule has 5 nitrogen and oxygen atoms in total. The molecule has 1 N–H and O–H groups in total. The normalized spacial score (nSPS) is 27.8. The van der Waals surface area contributed by atoms with Gasteiger partial charge in [0.2, 0.25) is 0 Å². The Morgan fingerprint density at radius 3 is 0.898 bits per heavy atom. The fraction of sp³-hybridized carbons (Fsp3) is 0.923. The first kappa shape index (κ1) is 42.8. The smallest absolute Gasteiger partial charge is 0.437 e. The third-order valence-corrected chi connectivity index (χ3v) is 9.71. The second-order valence-electron chi connectivity index (χ2n) is 12.2. The molecule has 0 saturated heterocycles. The van der Waals surface area contributed by atoms with E-state index in [-0.39, 0.29) is 13.8 Å². The molecular formula is C26H28F18O5. The lowest BCUT2D eigenvalue weighted by molar-refractivity contribution is -0.391. The Balaban J connectivity index is 3.24. The minimum Gasteiger partial charge on any atom is -0.440 e. The highest BCUT2D eigenvalue weighted by molar-refractivity contribution is 5.67. The maximum Gasteiger partial charge on any atom is 0.437 e. The highest BCUT2D eigenvalue weighted by Gasteiger charge is 2.85. The van der Waals surface area contributed by atoms with Gasteiger partial charge in [0, 0.05) is 32.6 Å². The number of fused-ring (bicyclic) bond motifs is 2. The number of hydrogen-bond acceptors (Lipinski definition) is 5. The lowest BCUT2D eigenvalue weighted by atomic mass is 9.61. The van der Waals surface area contributed by atoms with Crippen molar-refractivity contribution in [3.05, 3.63) is 0 Å². The SMILES string of the molecule is CCC1C(CC)C2C(CC(OC(C)=O)(C(F)(F)F)C(F)(F)F)C(CC(OC(C)=O)(C(F)(F)F)C(F)(F)F)C1C2C(O)(C(F)(F)F)C(F)(F)F. The van der Waals surface area contributed by atoms with Crippen molar-refractivity contribution in [3.63, 3.8) is 0 Å². The number of halogens is 18. The van der Waals surface area contributed by atoms with Crippen molar-refractivity contribution in [1.82, 2.24) is 0 Å². The summed E-state index contributed by atoms with van der Waals surface area (Å²) in [5.41, 5.74) is -17.9. The lowest BCUT2D eigenvalue weighted by Gasteiger charge is -2.47. The van der Waals surface area contributed by atoms with Crippen LogP contribution in [0, 0.1) is 41.4 Å². The second-order valence-corrected chi connectivity index (χ2v) is 12.2. The van der Waals surface area contributed by atoms with Crippen molar-refractivity contribution in [1.29, 1.82) is 0 Å². The summed E-state index contributed by atoms with van der Waals surface area (Å²) in [6, 6.07) is 0. The molecular weight excluding hydrogens is 734 g/mol. The summed E-state index contributed by atoms with van der Waals surface area (Å²) < 4.78 is 265. The number of alkyl halides is 18. The molecule has 0 amide bonds. The fourth-order valence-corrected chi connectivity index (χ4v) is 8.17. The van der Waals surface area contributed by atoms with E-state index >= 15 is 0 Å². The van der Waals surface area contributed by atoms with Crippen LogP contribution in [-0.4, -0.2) is 70.9 Å². The minimum absolute atomic E-state index is 0.0413. The maximum atomic E-state index is 14.3. The molecule has 2 bridgehead atoms. The lowest BCUT2D eigenvalue weighted by Crippen LogP contribution is -2.63. The number of rotatable bonds is 9. The van der Waals surface area contributed by atoms with Gasteiger partial charge in [-0.2, -0.15) is 79.0 Å². The van der Waals surface area contributed by atoms with Gasteiger partial charge in [0.1, 0.15) is 0 Å². The van der Waals surface area contributed by atoms with Crippen LogP contribution >= 0.6 is 0 Å². The Bertz CT molecular complexity index is 1100. The standard InChI is InChI=1S/C26H28F18O5/c1-5-11-12(6-2)16-14(8-19(23(33,34)35,24(36,37)38)49-10(4)46)13(7-18(21(27,28)29,22(30,31)32)48-9(3)45)15(11)17(16)20(47,25(39,40)41)26(42,43)44/h11-17,47H,5-8H2,1-4H3. The third-order valence-electron chi connectivity index (χ3n) is 9.71. The van der Waals surface area contributed by atoms with Gasteiger partial charge in [-0.05, 0) is 35.5 Å². The van der Waals surface area contributed by atoms with Gasteiger partial charge in [0.05, 0.1) is 0 Å². The Labute approximate surface area is 264 Å². The molecule has 288 valence electrons. The highest BCUT2D eigenvalue weighted by Crippen LogP contribution is 2.73. The molecule has 2 rings (SSSR count). The molecule has 23 heteroatoms. The molecule has 0 aromatic carbocycles. The van der Waals surface area contributed by atoms with Crippen molar-refractivity contribution in [3.8, 4) is 0 Å². The zero-order valence-electron chi connectivity index (χ0n) is 25.3. The first-order valence-corrected chi connectivity index (χ1v) is 14.1. The van der Waals surface area contributed by atoms with Gasteiger partial charge < -0.3 is 14.6 Å². The van der Waals surface area contributed by atoms with E-state index < -0.39 is 133 Å². The molecule has 2 fully saturated rings. The molecule has 0 spiro atoms. The molecule has 6 unspecified atom stereocenters. The number of aliphatic hydroxyl groups is 1. The quantitative estimate of drug-likeness (QED) is 0.188. The van der Waals surface area contributed by atoms with E-state index in [1.165, 1.54) is 0 Å². The van der Waals surface area contributed by atoms with Crippen LogP contribution in [0.2, 0.25) is 0 Å². The number of carbonyl (C=O) groups is 2. The summed E-state index contributed by atoms with van der Waals surface area (Å²) in [5.74, 6) is -24.8. The Morgan fingerprint density at radius 1 is 0.490 bits per heavy atom. The molecule has 6 atom stereocenters. The van der Waals surface area contributed by atoms with Crippen molar-refractivity contribution < 1.29 is 103 Å². The van der Waals surface area contributed by atoms with E-state index in [2.05, 4.69) is 9.47 Å². The van der Waals surface area contributed by atoms with Gasteiger partial charge in [-0.1, -0.05) is 26.7 Å². The molecule has 0 aliphatic heterocycles. The number of esters is 2. The summed E-state index contributed by atoms with van der Waals surface area (Å²) in [7, 11) is 0. The molecule has 2 aliphatic rings. The second kappa shape index (κ2) is 12.7. The topological polar surface area (TPSA) is 72.8 Å². The van der Waals surface area contributed by atoms with Crippen molar-refractivity contribution in [2.45, 2.75) is 107 Å². The number of ether oxygens (including phenoxy) is 2. The predicted octanol–water partition coefficient (Wildman–Crippen LogP) is 8.64. The molecule has 49 heavy (non-hydrogen) atoms. The maximum absolute atomic E-state index is 14.3. The van der Waals surface area contributed by atoms with Gasteiger partial charge in [-0.25, -0.2) is 0 Å². The van der Waals surface area contributed by atoms with Crippen LogP contribution in [0.5, 0.6) is 0 Å². The number of hydrogen-bond donors (Lipinski definition) is 1. The van der Waals surface area contributed by atoms with Gasteiger partial charge >= 0.3 is 60.2 Å². The molecule has 0 aromatic heterocycles. The zero-order valence-corrected chi connectivity index (χ0v) is 25.3. The van der Waals surface area contributed by atoms with Gasteiger partial charge in [-0.15, -0.1) is 0 Å². The van der Waals surface area contributed by atoms with Crippen LogP contribution in [0.25, 0.3) is 0 Å². The molecule has 0 heterocycles. The van der Waals surface area contributed by atoms with Crippen LogP contribution in [0.3, 0.4) is 0 Å². The molecule has 0 aromatic rings. The van der Waals surface area contributed by atoms with Crippen LogP contribution < -0.4 is 0 Å². The van der Waals surface area contributed by atoms with Crippen LogP contribution in [0.4, 0.5) is 79.0 Å². The molecule has 2 saturated carbocycles. The largest absolute Gasteiger partial charge is 0.440 e. The summed E-state index contributed by atoms with van der Waals surface area (Å²) in [5, 5.41) is 10.4. The Kier molecular flexibility index (Phi) is 11.1. The van der Waals surface area contributed by atoms with Crippen LogP contribution in [0.15, 0.2) is 0 Å². The summed E-state index contributed by atoms with van der Waals surface area (Å²) in [4.78, 5) is 23.1. The van der Waals surface area contributed by atoms with E-state index in [0.29, 0.717) is 0 Å². The zero-order chi connectivity index (χ0) is 38.9. The summed E-state index contributed by atoms with van der Waals surface area (Å²) >= 11 is 0. The van der Waals surface area contributed by atoms with Crippen molar-refractivity contribution in [2.75, 3.05) is 0 Å². The Hall–Kier alpha value is -2.36. The van der Waals surface area contributed by atoms with E-state index in [1.54, 1.807) is 0 Å². The summed E-state index contributed by atoms with van der Waals surface area (Å²) in [6.45, 7) is 1.86. The van der Waals surface area contributed by atoms with Gasteiger partial charge in [0.25, 0.3) is 5.60 Å². The van der Waals surface area contributed by atoms with Crippen LogP contribution in [-0.2, 0) is 19.1 Å². The van der Waals surface area contributed by atoms with E-state index in [4.69, 9.17) is 0 Å². The van der Waals surface area contributed by atoms with Crippen LogP contribution in [0.1, 0.15) is 53.4 Å². The predicted molar refractivity (Wildman–Crippen MR) is 125 cm³/mol. The number of carbonyl (C=O) groups excluding carboxylic acids is 2. The average molecular weight is 762 g/mol. The fourth-order valence-electron chi connectivity index (χ4n) is 8.17. The molecule has 0 radical (unpaired) electrons. The highest BCUT2D eigenvalue weighted by atomic mass is 19.4. The van der Waals surface area contributed by atoms with E-state index in [9.17, 15) is 93.7 Å². The minimum atomic E-state index is -6.91. The van der Waals surface area contributed by atoms with Crippen molar-refractivity contribution in [2.24, 2.45) is 41.4 Å². The first-order valence-electron chi connectivity index (χ1n) is 14.1. The van der Waals surface area contributed by atoms with Crippen molar-refractivity contribution >= 4 is 11.9 Å².